The van der Waals surface area contributed by atoms with Gasteiger partial charge in [0.2, 0.25) is 0 Å². The van der Waals surface area contributed by atoms with Crippen molar-refractivity contribution in [3.05, 3.63) is 63.6 Å². The van der Waals surface area contributed by atoms with Crippen molar-refractivity contribution < 1.29 is 9.53 Å². The molecule has 0 unspecified atom stereocenters. The molecule has 0 N–H and O–H groups in total. The summed E-state index contributed by atoms with van der Waals surface area (Å²) in [7, 11) is 0. The summed E-state index contributed by atoms with van der Waals surface area (Å²) in [6.45, 7) is 4.75. The smallest absolute Gasteiger partial charge is 0.272 e. The predicted molar refractivity (Wildman–Crippen MR) is 116 cm³/mol. The molecule has 0 radical (unpaired) electrons. The summed E-state index contributed by atoms with van der Waals surface area (Å²) in [6, 6.07) is 15.2. The van der Waals surface area contributed by atoms with Crippen LogP contribution in [0.5, 0.6) is 5.75 Å². The van der Waals surface area contributed by atoms with Gasteiger partial charge in [-0.05, 0) is 55.8 Å². The molecule has 142 valence electrons. The molecule has 0 aliphatic carbocycles. The van der Waals surface area contributed by atoms with Crippen molar-refractivity contribution in [3.63, 3.8) is 0 Å². The van der Waals surface area contributed by atoms with Crippen molar-refractivity contribution in [1.29, 1.82) is 0 Å². The summed E-state index contributed by atoms with van der Waals surface area (Å²) in [5.74, 6) is 1.27. The Balaban J connectivity index is 1.64. The molecule has 0 aromatic heterocycles. The molecule has 7 heteroatoms. The zero-order chi connectivity index (χ0) is 19.4. The van der Waals surface area contributed by atoms with Crippen LogP contribution in [-0.2, 0) is 10.5 Å². The second-order valence-electron chi connectivity index (χ2n) is 6.60. The number of carbonyl (C=O) groups is 1. The van der Waals surface area contributed by atoms with Gasteiger partial charge < -0.3 is 4.74 Å². The number of ether oxygens (including phenoxy) is 1. The van der Waals surface area contributed by atoms with Gasteiger partial charge in [0.1, 0.15) is 5.75 Å². The zero-order valence-electron chi connectivity index (χ0n) is 15.1. The molecule has 1 amide bonds. The number of rotatable bonds is 5. The highest BCUT2D eigenvalue weighted by molar-refractivity contribution is 9.10. The Morgan fingerprint density at radius 1 is 1.22 bits per heavy atom. The van der Waals surface area contributed by atoms with E-state index in [0.29, 0.717) is 23.9 Å². The first-order valence-corrected chi connectivity index (χ1v) is 10.7. The number of amides is 1. The Bertz CT molecular complexity index is 838. The van der Waals surface area contributed by atoms with Gasteiger partial charge in [0.25, 0.3) is 5.91 Å². The van der Waals surface area contributed by atoms with Crippen LogP contribution in [-0.4, -0.2) is 34.7 Å². The zero-order valence-corrected chi connectivity index (χ0v) is 18.3. The molecule has 1 heterocycles. The van der Waals surface area contributed by atoms with E-state index in [2.05, 4.69) is 33.1 Å². The highest BCUT2D eigenvalue weighted by Gasteiger charge is 2.37. The van der Waals surface area contributed by atoms with Crippen molar-refractivity contribution >= 4 is 50.4 Å². The lowest BCUT2D eigenvalue weighted by atomic mass is 10.1. The first-order chi connectivity index (χ1) is 12.8. The molecule has 0 spiro atoms. The minimum atomic E-state index is -1.00. The summed E-state index contributed by atoms with van der Waals surface area (Å²) < 4.78 is 6.98. The van der Waals surface area contributed by atoms with Gasteiger partial charge in [-0.15, -0.1) is 0 Å². The standard InChI is InChI=1S/C20H20BrClN2O2S/c1-20(2,26-17-9-7-16(22)8-10-17)18(25)24-12-11-23-19(24)27-13-14-3-5-15(21)6-4-14/h3-10H,11-13H2,1-2H3. The summed E-state index contributed by atoms with van der Waals surface area (Å²) in [5.41, 5.74) is 0.179. The van der Waals surface area contributed by atoms with E-state index in [4.69, 9.17) is 16.3 Å². The molecule has 1 aliphatic heterocycles. The van der Waals surface area contributed by atoms with E-state index >= 15 is 0 Å². The van der Waals surface area contributed by atoms with Crippen LogP contribution in [0.3, 0.4) is 0 Å². The first-order valence-electron chi connectivity index (χ1n) is 8.53. The third-order valence-corrected chi connectivity index (χ3v) is 5.90. The van der Waals surface area contributed by atoms with Gasteiger partial charge in [0.05, 0.1) is 6.54 Å². The van der Waals surface area contributed by atoms with E-state index in [1.54, 1.807) is 54.8 Å². The van der Waals surface area contributed by atoms with Crippen LogP contribution in [0.2, 0.25) is 5.02 Å². The number of halogens is 2. The van der Waals surface area contributed by atoms with Crippen LogP contribution in [0.25, 0.3) is 0 Å². The SMILES string of the molecule is CC(C)(Oc1ccc(Cl)cc1)C(=O)N1CCN=C1SCc1ccc(Br)cc1. The lowest BCUT2D eigenvalue weighted by Crippen LogP contribution is -2.49. The molecule has 2 aromatic carbocycles. The maximum Gasteiger partial charge on any atom is 0.272 e. The van der Waals surface area contributed by atoms with Gasteiger partial charge >= 0.3 is 0 Å². The van der Waals surface area contributed by atoms with E-state index in [0.717, 1.165) is 15.4 Å². The third kappa shape index (κ3) is 5.27. The summed E-state index contributed by atoms with van der Waals surface area (Å²) in [5, 5.41) is 1.38. The molecule has 0 saturated heterocycles. The normalized spacial score (nSPS) is 14.2. The van der Waals surface area contributed by atoms with Gasteiger partial charge in [0.15, 0.2) is 10.8 Å². The van der Waals surface area contributed by atoms with E-state index < -0.39 is 5.60 Å². The molecule has 0 bridgehead atoms. The molecule has 4 nitrogen and oxygen atoms in total. The topological polar surface area (TPSA) is 41.9 Å². The van der Waals surface area contributed by atoms with Crippen LogP contribution >= 0.6 is 39.3 Å². The predicted octanol–water partition coefficient (Wildman–Crippen LogP) is 5.39. The van der Waals surface area contributed by atoms with Crippen molar-refractivity contribution in [2.45, 2.75) is 25.2 Å². The van der Waals surface area contributed by atoms with Crippen molar-refractivity contribution in [2.24, 2.45) is 4.99 Å². The van der Waals surface area contributed by atoms with Crippen LogP contribution in [0.15, 0.2) is 58.0 Å². The van der Waals surface area contributed by atoms with Crippen LogP contribution in [0, 0.1) is 0 Å². The second-order valence-corrected chi connectivity index (χ2v) is 8.90. The molecule has 0 saturated carbocycles. The van der Waals surface area contributed by atoms with Crippen molar-refractivity contribution in [2.75, 3.05) is 13.1 Å². The monoisotopic (exact) mass is 466 g/mol. The number of hydrogen-bond acceptors (Lipinski definition) is 4. The van der Waals surface area contributed by atoms with E-state index in [1.165, 1.54) is 5.56 Å². The van der Waals surface area contributed by atoms with Crippen LogP contribution < -0.4 is 4.74 Å². The Kier molecular flexibility index (Phi) is 6.50. The molecule has 0 fully saturated rings. The number of amidine groups is 1. The van der Waals surface area contributed by atoms with Gasteiger partial charge in [-0.2, -0.15) is 0 Å². The van der Waals surface area contributed by atoms with E-state index in [1.807, 2.05) is 12.1 Å². The quantitative estimate of drug-likeness (QED) is 0.592. The van der Waals surface area contributed by atoms with E-state index in [-0.39, 0.29) is 5.91 Å². The maximum atomic E-state index is 13.1. The molecular formula is C20H20BrClN2O2S. The fourth-order valence-electron chi connectivity index (χ4n) is 2.63. The maximum absolute atomic E-state index is 13.1. The summed E-state index contributed by atoms with van der Waals surface area (Å²) >= 11 is 10.9. The molecule has 27 heavy (non-hydrogen) atoms. The highest BCUT2D eigenvalue weighted by Crippen LogP contribution is 2.26. The number of hydrogen-bond donors (Lipinski definition) is 0. The fraction of sp³-hybridized carbons (Fsp3) is 0.300. The Hall–Kier alpha value is -1.50. The first kappa shape index (κ1) is 20.2. The number of benzene rings is 2. The highest BCUT2D eigenvalue weighted by atomic mass is 79.9. The Labute approximate surface area is 177 Å². The average molecular weight is 468 g/mol. The number of aliphatic imine (C=N–C) groups is 1. The molecule has 1 aliphatic rings. The lowest BCUT2D eigenvalue weighted by Gasteiger charge is -2.30. The Morgan fingerprint density at radius 3 is 2.56 bits per heavy atom. The second kappa shape index (κ2) is 8.67. The lowest BCUT2D eigenvalue weighted by molar-refractivity contribution is -0.140. The van der Waals surface area contributed by atoms with Crippen molar-refractivity contribution in [3.8, 4) is 5.75 Å². The fourth-order valence-corrected chi connectivity index (χ4v) is 4.02. The Morgan fingerprint density at radius 2 is 1.89 bits per heavy atom. The van der Waals surface area contributed by atoms with Gasteiger partial charge in [-0.25, -0.2) is 0 Å². The molecule has 0 atom stereocenters. The largest absolute Gasteiger partial charge is 0.478 e. The van der Waals surface area contributed by atoms with Crippen LogP contribution in [0.4, 0.5) is 0 Å². The minimum Gasteiger partial charge on any atom is -0.478 e. The number of nitrogens with zero attached hydrogens (tertiary/aromatic N) is 2. The molecular weight excluding hydrogens is 448 g/mol. The average Bonchev–Trinajstić information content (AvgIpc) is 3.11. The number of carbonyl (C=O) groups excluding carboxylic acids is 1. The third-order valence-electron chi connectivity index (χ3n) is 4.03. The van der Waals surface area contributed by atoms with Gasteiger partial charge in [0, 0.05) is 21.8 Å². The minimum absolute atomic E-state index is 0.1000. The summed E-state index contributed by atoms with van der Waals surface area (Å²) in [6.07, 6.45) is 0. The van der Waals surface area contributed by atoms with Gasteiger partial charge in [-0.1, -0.05) is 51.4 Å². The molecule has 3 rings (SSSR count). The van der Waals surface area contributed by atoms with Crippen molar-refractivity contribution in [1.82, 2.24) is 4.90 Å². The van der Waals surface area contributed by atoms with Gasteiger partial charge in [-0.3, -0.25) is 14.7 Å². The van der Waals surface area contributed by atoms with Crippen LogP contribution in [0.1, 0.15) is 19.4 Å². The summed E-state index contributed by atoms with van der Waals surface area (Å²) in [4.78, 5) is 19.3. The number of thioether (sulfide) groups is 1. The van der Waals surface area contributed by atoms with E-state index in [9.17, 15) is 4.79 Å². The molecule has 2 aromatic rings.